The molecule has 0 fully saturated rings. The quantitative estimate of drug-likeness (QED) is 0.708. The lowest BCUT2D eigenvalue weighted by atomic mass is 10.0. The second-order valence-corrected chi connectivity index (χ2v) is 4.30. The Morgan fingerprint density at radius 3 is 2.33 bits per heavy atom. The molecular weight excluding hydrogens is 255 g/mol. The van der Waals surface area contributed by atoms with Crippen LogP contribution in [0.4, 0.5) is 4.39 Å². The molecule has 15 heavy (non-hydrogen) atoms. The first kappa shape index (κ1) is 10.4. The highest BCUT2D eigenvalue weighted by molar-refractivity contribution is 9.10. The number of rotatable bonds is 1. The van der Waals surface area contributed by atoms with Crippen molar-refractivity contribution >= 4 is 15.9 Å². The van der Waals surface area contributed by atoms with Crippen molar-refractivity contribution in [1.82, 2.24) is 0 Å². The SMILES string of the molecule is Cc1cc(F)cc(Br)c1-c1ccccc1. The molecule has 0 atom stereocenters. The van der Waals surface area contributed by atoms with E-state index < -0.39 is 0 Å². The van der Waals surface area contributed by atoms with Crippen LogP contribution in [-0.4, -0.2) is 0 Å². The lowest BCUT2D eigenvalue weighted by molar-refractivity contribution is 0.626. The van der Waals surface area contributed by atoms with E-state index in [1.807, 2.05) is 37.3 Å². The van der Waals surface area contributed by atoms with Gasteiger partial charge in [-0.2, -0.15) is 0 Å². The predicted molar refractivity (Wildman–Crippen MR) is 64.3 cm³/mol. The van der Waals surface area contributed by atoms with Crippen LogP contribution in [0.1, 0.15) is 5.56 Å². The molecule has 0 aromatic heterocycles. The van der Waals surface area contributed by atoms with Crippen molar-refractivity contribution < 1.29 is 4.39 Å². The average molecular weight is 265 g/mol. The van der Waals surface area contributed by atoms with Crippen molar-refractivity contribution in [3.8, 4) is 11.1 Å². The van der Waals surface area contributed by atoms with E-state index >= 15 is 0 Å². The van der Waals surface area contributed by atoms with Crippen LogP contribution < -0.4 is 0 Å². The van der Waals surface area contributed by atoms with E-state index in [9.17, 15) is 4.39 Å². The van der Waals surface area contributed by atoms with E-state index in [1.165, 1.54) is 6.07 Å². The number of halogens is 2. The molecule has 2 rings (SSSR count). The van der Waals surface area contributed by atoms with Crippen LogP contribution in [0, 0.1) is 12.7 Å². The van der Waals surface area contributed by atoms with Crippen molar-refractivity contribution in [2.45, 2.75) is 6.92 Å². The molecule has 0 aliphatic rings. The first-order valence-electron chi connectivity index (χ1n) is 4.69. The third-order valence-corrected chi connectivity index (χ3v) is 2.94. The van der Waals surface area contributed by atoms with Gasteiger partial charge in [0.25, 0.3) is 0 Å². The van der Waals surface area contributed by atoms with Crippen molar-refractivity contribution in [3.63, 3.8) is 0 Å². The molecule has 0 nitrogen and oxygen atoms in total. The van der Waals surface area contributed by atoms with Crippen LogP contribution >= 0.6 is 15.9 Å². The third kappa shape index (κ3) is 2.10. The van der Waals surface area contributed by atoms with Gasteiger partial charge in [0, 0.05) is 4.47 Å². The van der Waals surface area contributed by atoms with Crippen LogP contribution in [0.3, 0.4) is 0 Å². The van der Waals surface area contributed by atoms with E-state index in [1.54, 1.807) is 6.07 Å². The Bertz CT molecular complexity index is 454. The molecule has 2 heteroatoms. The van der Waals surface area contributed by atoms with Gasteiger partial charge in [-0.3, -0.25) is 0 Å². The van der Waals surface area contributed by atoms with Gasteiger partial charge in [-0.1, -0.05) is 46.3 Å². The number of hydrogen-bond donors (Lipinski definition) is 0. The molecule has 2 aromatic carbocycles. The minimum absolute atomic E-state index is 0.209. The molecular formula is C13H10BrF. The number of benzene rings is 2. The molecule has 0 saturated carbocycles. The second-order valence-electron chi connectivity index (χ2n) is 3.45. The summed E-state index contributed by atoms with van der Waals surface area (Å²) in [6, 6.07) is 13.0. The summed E-state index contributed by atoms with van der Waals surface area (Å²) in [4.78, 5) is 0. The topological polar surface area (TPSA) is 0 Å². The summed E-state index contributed by atoms with van der Waals surface area (Å²) in [7, 11) is 0. The Hall–Kier alpha value is -1.15. The van der Waals surface area contributed by atoms with Gasteiger partial charge in [0.2, 0.25) is 0 Å². The Kier molecular flexibility index (Phi) is 2.87. The van der Waals surface area contributed by atoms with E-state index in [4.69, 9.17) is 0 Å². The van der Waals surface area contributed by atoms with Gasteiger partial charge in [0.15, 0.2) is 0 Å². The van der Waals surface area contributed by atoms with Crippen molar-refractivity contribution in [1.29, 1.82) is 0 Å². The predicted octanol–water partition coefficient (Wildman–Crippen LogP) is 4.56. The fourth-order valence-corrected chi connectivity index (χ4v) is 2.43. The van der Waals surface area contributed by atoms with Gasteiger partial charge in [-0.15, -0.1) is 0 Å². The number of aryl methyl sites for hydroxylation is 1. The molecule has 76 valence electrons. The molecule has 2 aromatic rings. The van der Waals surface area contributed by atoms with E-state index in [0.29, 0.717) is 0 Å². The van der Waals surface area contributed by atoms with Crippen LogP contribution in [0.5, 0.6) is 0 Å². The van der Waals surface area contributed by atoms with Crippen LogP contribution in [0.25, 0.3) is 11.1 Å². The fraction of sp³-hybridized carbons (Fsp3) is 0.0769. The van der Waals surface area contributed by atoms with E-state index in [-0.39, 0.29) is 5.82 Å². The highest BCUT2D eigenvalue weighted by Gasteiger charge is 2.07. The summed E-state index contributed by atoms with van der Waals surface area (Å²) in [6.45, 7) is 1.91. The second kappa shape index (κ2) is 4.15. The zero-order valence-electron chi connectivity index (χ0n) is 8.30. The summed E-state index contributed by atoms with van der Waals surface area (Å²) < 4.78 is 13.9. The van der Waals surface area contributed by atoms with Gasteiger partial charge in [-0.25, -0.2) is 4.39 Å². The third-order valence-electron chi connectivity index (χ3n) is 2.31. The summed E-state index contributed by atoms with van der Waals surface area (Å²) in [5.41, 5.74) is 3.09. The van der Waals surface area contributed by atoms with Gasteiger partial charge in [-0.05, 0) is 35.7 Å². The van der Waals surface area contributed by atoms with Crippen molar-refractivity contribution in [3.05, 3.63) is 58.3 Å². The van der Waals surface area contributed by atoms with Crippen molar-refractivity contribution in [2.75, 3.05) is 0 Å². The maximum Gasteiger partial charge on any atom is 0.124 e. The zero-order chi connectivity index (χ0) is 10.8. The maximum atomic E-state index is 13.1. The Balaban J connectivity index is 2.64. The summed E-state index contributed by atoms with van der Waals surface area (Å²) in [6.07, 6.45) is 0. The fourth-order valence-electron chi connectivity index (χ4n) is 1.67. The average Bonchev–Trinajstić information content (AvgIpc) is 2.17. The molecule has 0 heterocycles. The van der Waals surface area contributed by atoms with E-state index in [2.05, 4.69) is 15.9 Å². The largest absolute Gasteiger partial charge is 0.207 e. The van der Waals surface area contributed by atoms with Gasteiger partial charge >= 0.3 is 0 Å². The molecule has 0 aliphatic heterocycles. The lowest BCUT2D eigenvalue weighted by Gasteiger charge is -2.08. The maximum absolute atomic E-state index is 13.1. The van der Waals surface area contributed by atoms with Crippen LogP contribution in [0.15, 0.2) is 46.9 Å². The zero-order valence-corrected chi connectivity index (χ0v) is 9.88. The molecule has 0 saturated heterocycles. The first-order valence-corrected chi connectivity index (χ1v) is 5.49. The molecule has 0 spiro atoms. The molecule has 0 N–H and O–H groups in total. The van der Waals surface area contributed by atoms with Crippen LogP contribution in [0.2, 0.25) is 0 Å². The Labute approximate surface area is 96.9 Å². The van der Waals surface area contributed by atoms with Gasteiger partial charge < -0.3 is 0 Å². The molecule has 0 bridgehead atoms. The van der Waals surface area contributed by atoms with Gasteiger partial charge in [0.1, 0.15) is 5.82 Å². The monoisotopic (exact) mass is 264 g/mol. The summed E-state index contributed by atoms with van der Waals surface area (Å²) in [5.74, 6) is -0.209. The molecule has 0 unspecified atom stereocenters. The summed E-state index contributed by atoms with van der Waals surface area (Å²) >= 11 is 3.39. The normalized spacial score (nSPS) is 10.3. The molecule has 0 aliphatic carbocycles. The minimum Gasteiger partial charge on any atom is -0.207 e. The Morgan fingerprint density at radius 1 is 1.07 bits per heavy atom. The Morgan fingerprint density at radius 2 is 1.73 bits per heavy atom. The standard InChI is InChI=1S/C13H10BrF/c1-9-7-11(15)8-12(14)13(9)10-5-3-2-4-6-10/h2-8H,1H3. The summed E-state index contributed by atoms with van der Waals surface area (Å²) in [5, 5.41) is 0. The smallest absolute Gasteiger partial charge is 0.124 e. The number of hydrogen-bond acceptors (Lipinski definition) is 0. The van der Waals surface area contributed by atoms with E-state index in [0.717, 1.165) is 21.2 Å². The lowest BCUT2D eigenvalue weighted by Crippen LogP contribution is -1.87. The highest BCUT2D eigenvalue weighted by Crippen LogP contribution is 2.31. The molecule has 0 radical (unpaired) electrons. The molecule has 0 amide bonds. The van der Waals surface area contributed by atoms with Gasteiger partial charge in [0.05, 0.1) is 0 Å². The highest BCUT2D eigenvalue weighted by atomic mass is 79.9. The van der Waals surface area contributed by atoms with Crippen LogP contribution in [-0.2, 0) is 0 Å². The minimum atomic E-state index is -0.209. The first-order chi connectivity index (χ1) is 7.18. The van der Waals surface area contributed by atoms with Crippen molar-refractivity contribution in [2.24, 2.45) is 0 Å².